The van der Waals surface area contributed by atoms with Gasteiger partial charge in [0, 0.05) is 24.2 Å². The molecule has 2 N–H and O–H groups in total. The van der Waals surface area contributed by atoms with Crippen LogP contribution in [0, 0.1) is 15.9 Å². The molecule has 0 spiro atoms. The van der Waals surface area contributed by atoms with Crippen LogP contribution in [0.1, 0.15) is 19.8 Å². The molecule has 18 heavy (non-hydrogen) atoms. The minimum Gasteiger partial charge on any atom is -0.375 e. The van der Waals surface area contributed by atoms with Gasteiger partial charge in [0.05, 0.1) is 4.92 Å². The third-order valence-electron chi connectivity index (χ3n) is 3.26. The number of halogens is 1. The smallest absolute Gasteiger partial charge is 0.292 e. The molecule has 2 unspecified atom stereocenters. The number of hydrogen-bond acceptors (Lipinski definition) is 4. The average molecular weight is 253 g/mol. The first-order chi connectivity index (χ1) is 8.58. The molecule has 1 aliphatic heterocycles. The molecule has 0 radical (unpaired) electrons. The number of benzene rings is 1. The second kappa shape index (κ2) is 5.30. The van der Waals surface area contributed by atoms with E-state index in [9.17, 15) is 14.5 Å². The summed E-state index contributed by atoms with van der Waals surface area (Å²) in [4.78, 5) is 10.4. The van der Waals surface area contributed by atoms with E-state index in [0.29, 0.717) is 0 Å². The van der Waals surface area contributed by atoms with Crippen molar-refractivity contribution >= 4 is 11.4 Å². The highest BCUT2D eigenvalue weighted by Gasteiger charge is 2.23. The summed E-state index contributed by atoms with van der Waals surface area (Å²) in [7, 11) is 0. The molecule has 0 saturated carbocycles. The van der Waals surface area contributed by atoms with Gasteiger partial charge in [0.2, 0.25) is 0 Å². The first kappa shape index (κ1) is 12.8. The van der Waals surface area contributed by atoms with Gasteiger partial charge in [0.15, 0.2) is 0 Å². The second-order valence-corrected chi connectivity index (χ2v) is 4.55. The molecule has 0 bridgehead atoms. The zero-order valence-corrected chi connectivity index (χ0v) is 10.1. The van der Waals surface area contributed by atoms with Gasteiger partial charge in [-0.3, -0.25) is 10.1 Å². The van der Waals surface area contributed by atoms with Gasteiger partial charge in [0.25, 0.3) is 5.69 Å². The summed E-state index contributed by atoms with van der Waals surface area (Å²) in [6.45, 7) is 2.96. The standard InChI is InChI=1S/C12H16FN3O2/c1-8-10(3-2-6-14-8)15-11-7-9(13)4-5-12(11)16(17)18/h4-5,7-8,10,14-15H,2-3,6H2,1H3. The third-order valence-corrected chi connectivity index (χ3v) is 3.26. The Morgan fingerprint density at radius 3 is 3.00 bits per heavy atom. The van der Waals surface area contributed by atoms with Crippen LogP contribution >= 0.6 is 0 Å². The predicted molar refractivity (Wildman–Crippen MR) is 67.2 cm³/mol. The van der Waals surface area contributed by atoms with E-state index in [4.69, 9.17) is 0 Å². The summed E-state index contributed by atoms with van der Waals surface area (Å²) in [6, 6.07) is 3.77. The minimum absolute atomic E-state index is 0.0826. The van der Waals surface area contributed by atoms with Crippen molar-refractivity contribution in [2.45, 2.75) is 31.8 Å². The van der Waals surface area contributed by atoms with Crippen LogP contribution in [-0.2, 0) is 0 Å². The fourth-order valence-electron chi connectivity index (χ4n) is 2.22. The average Bonchev–Trinajstić information content (AvgIpc) is 2.32. The maximum Gasteiger partial charge on any atom is 0.292 e. The Morgan fingerprint density at radius 2 is 2.33 bits per heavy atom. The molecule has 2 atom stereocenters. The first-order valence-electron chi connectivity index (χ1n) is 6.02. The molecule has 0 aliphatic carbocycles. The van der Waals surface area contributed by atoms with Crippen LogP contribution in [0.4, 0.5) is 15.8 Å². The van der Waals surface area contributed by atoms with E-state index < -0.39 is 10.7 Å². The summed E-state index contributed by atoms with van der Waals surface area (Å²) in [6.07, 6.45) is 1.92. The van der Waals surface area contributed by atoms with Gasteiger partial charge in [-0.2, -0.15) is 0 Å². The molecule has 1 aliphatic rings. The van der Waals surface area contributed by atoms with E-state index in [0.717, 1.165) is 25.5 Å². The van der Waals surface area contributed by atoms with Gasteiger partial charge in [-0.05, 0) is 32.4 Å². The van der Waals surface area contributed by atoms with Crippen molar-refractivity contribution in [2.75, 3.05) is 11.9 Å². The lowest BCUT2D eigenvalue weighted by Crippen LogP contribution is -2.46. The normalized spacial score (nSPS) is 23.7. The molecule has 1 heterocycles. The number of nitro benzene ring substituents is 1. The summed E-state index contributed by atoms with van der Waals surface area (Å²) in [5, 5.41) is 17.3. The molecular formula is C12H16FN3O2. The number of anilines is 1. The summed E-state index contributed by atoms with van der Waals surface area (Å²) in [5.41, 5.74) is 0.162. The summed E-state index contributed by atoms with van der Waals surface area (Å²) in [5.74, 6) is -0.473. The lowest BCUT2D eigenvalue weighted by Gasteiger charge is -2.31. The predicted octanol–water partition coefficient (Wildman–Crippen LogP) is 2.29. The van der Waals surface area contributed by atoms with Crippen LogP contribution in [0.2, 0.25) is 0 Å². The maximum absolute atomic E-state index is 13.2. The molecule has 0 aromatic heterocycles. The van der Waals surface area contributed by atoms with E-state index >= 15 is 0 Å². The number of nitro groups is 1. The van der Waals surface area contributed by atoms with Gasteiger partial charge in [0.1, 0.15) is 11.5 Å². The van der Waals surface area contributed by atoms with Gasteiger partial charge >= 0.3 is 0 Å². The van der Waals surface area contributed by atoms with Crippen molar-refractivity contribution in [3.05, 3.63) is 34.1 Å². The largest absolute Gasteiger partial charge is 0.375 e. The lowest BCUT2D eigenvalue weighted by atomic mass is 9.99. The molecule has 5 nitrogen and oxygen atoms in total. The first-order valence-corrected chi connectivity index (χ1v) is 6.02. The summed E-state index contributed by atoms with van der Waals surface area (Å²) < 4.78 is 13.2. The zero-order chi connectivity index (χ0) is 13.1. The number of rotatable bonds is 3. The van der Waals surface area contributed by atoms with Gasteiger partial charge in [-0.25, -0.2) is 4.39 Å². The van der Waals surface area contributed by atoms with Crippen LogP contribution in [-0.4, -0.2) is 23.6 Å². The Morgan fingerprint density at radius 1 is 1.56 bits per heavy atom. The monoisotopic (exact) mass is 253 g/mol. The molecule has 1 fully saturated rings. The van der Waals surface area contributed by atoms with Crippen LogP contribution in [0.5, 0.6) is 0 Å². The number of hydrogen-bond donors (Lipinski definition) is 2. The molecule has 98 valence electrons. The third kappa shape index (κ3) is 2.76. The molecular weight excluding hydrogens is 237 g/mol. The van der Waals surface area contributed by atoms with E-state index in [1.54, 1.807) is 0 Å². The second-order valence-electron chi connectivity index (χ2n) is 4.55. The molecule has 2 rings (SSSR count). The number of piperidine rings is 1. The minimum atomic E-state index is -0.497. The van der Waals surface area contributed by atoms with Crippen molar-refractivity contribution < 1.29 is 9.31 Å². The summed E-state index contributed by atoms with van der Waals surface area (Å²) >= 11 is 0. The van der Waals surface area contributed by atoms with Crippen molar-refractivity contribution in [3.8, 4) is 0 Å². The SMILES string of the molecule is CC1NCCCC1Nc1cc(F)ccc1[N+](=O)[O-]. The molecule has 0 amide bonds. The number of nitrogens with one attached hydrogen (secondary N) is 2. The van der Waals surface area contributed by atoms with Crippen LogP contribution < -0.4 is 10.6 Å². The van der Waals surface area contributed by atoms with Gasteiger partial charge in [-0.15, -0.1) is 0 Å². The van der Waals surface area contributed by atoms with Crippen LogP contribution in [0.3, 0.4) is 0 Å². The van der Waals surface area contributed by atoms with Crippen LogP contribution in [0.25, 0.3) is 0 Å². The Balaban J connectivity index is 2.21. The molecule has 1 aromatic carbocycles. The highest BCUT2D eigenvalue weighted by molar-refractivity contribution is 5.62. The fraction of sp³-hybridized carbons (Fsp3) is 0.500. The van der Waals surface area contributed by atoms with Crippen LogP contribution in [0.15, 0.2) is 18.2 Å². The quantitative estimate of drug-likeness (QED) is 0.640. The lowest BCUT2D eigenvalue weighted by molar-refractivity contribution is -0.384. The van der Waals surface area contributed by atoms with E-state index in [1.165, 1.54) is 12.1 Å². The zero-order valence-electron chi connectivity index (χ0n) is 10.1. The van der Waals surface area contributed by atoms with Gasteiger partial charge in [-0.1, -0.05) is 0 Å². The Kier molecular flexibility index (Phi) is 3.76. The maximum atomic E-state index is 13.2. The van der Waals surface area contributed by atoms with Crippen molar-refractivity contribution in [1.82, 2.24) is 5.32 Å². The molecule has 1 aromatic rings. The topological polar surface area (TPSA) is 67.2 Å². The molecule has 1 saturated heterocycles. The van der Waals surface area contributed by atoms with E-state index in [1.807, 2.05) is 6.92 Å². The highest BCUT2D eigenvalue weighted by atomic mass is 19.1. The van der Waals surface area contributed by atoms with Crippen molar-refractivity contribution in [1.29, 1.82) is 0 Å². The number of nitrogens with zero attached hydrogens (tertiary/aromatic N) is 1. The Labute approximate surface area is 105 Å². The Hall–Kier alpha value is -1.69. The van der Waals surface area contributed by atoms with Crippen molar-refractivity contribution in [3.63, 3.8) is 0 Å². The molecule has 6 heteroatoms. The van der Waals surface area contributed by atoms with E-state index in [-0.39, 0.29) is 23.5 Å². The van der Waals surface area contributed by atoms with E-state index in [2.05, 4.69) is 10.6 Å². The Bertz CT molecular complexity index is 453. The van der Waals surface area contributed by atoms with Crippen molar-refractivity contribution in [2.24, 2.45) is 0 Å². The fourth-order valence-corrected chi connectivity index (χ4v) is 2.22. The van der Waals surface area contributed by atoms with Gasteiger partial charge < -0.3 is 10.6 Å². The highest BCUT2D eigenvalue weighted by Crippen LogP contribution is 2.27.